The molecule has 0 heterocycles. The normalized spacial score (nSPS) is 15.0. The van der Waals surface area contributed by atoms with Gasteiger partial charge >= 0.3 is 0 Å². The molecular formula is C13H19N3O4S. The number of sulfonamides is 1. The zero-order valence-electron chi connectivity index (χ0n) is 12.0. The Morgan fingerprint density at radius 1 is 1.48 bits per heavy atom. The maximum absolute atomic E-state index is 12.4. The zero-order valence-corrected chi connectivity index (χ0v) is 12.8. The van der Waals surface area contributed by atoms with Gasteiger partial charge in [-0.1, -0.05) is 0 Å². The van der Waals surface area contributed by atoms with Crippen molar-refractivity contribution in [2.24, 2.45) is 0 Å². The second kappa shape index (κ2) is 5.90. The van der Waals surface area contributed by atoms with Gasteiger partial charge in [0.15, 0.2) is 0 Å². The van der Waals surface area contributed by atoms with Crippen molar-refractivity contribution in [1.29, 1.82) is 0 Å². The number of methoxy groups -OCH3 is 1. The monoisotopic (exact) mass is 313 g/mol. The molecule has 1 aromatic carbocycles. The topological polar surface area (TPSA) is 102 Å². The molecule has 1 aliphatic rings. The second-order valence-electron chi connectivity index (χ2n) is 5.01. The highest BCUT2D eigenvalue weighted by atomic mass is 32.2. The average Bonchev–Trinajstić information content (AvgIpc) is 3.22. The van der Waals surface area contributed by atoms with E-state index in [1.807, 2.05) is 0 Å². The summed E-state index contributed by atoms with van der Waals surface area (Å²) in [6, 6.07) is 4.40. The highest BCUT2D eigenvalue weighted by Gasteiger charge is 2.27. The van der Waals surface area contributed by atoms with Crippen molar-refractivity contribution in [3.05, 3.63) is 18.2 Å². The van der Waals surface area contributed by atoms with Gasteiger partial charge in [-0.25, -0.2) is 8.42 Å². The van der Waals surface area contributed by atoms with Crippen LogP contribution in [-0.4, -0.2) is 45.4 Å². The van der Waals surface area contributed by atoms with Gasteiger partial charge in [0.2, 0.25) is 15.9 Å². The highest BCUT2D eigenvalue weighted by molar-refractivity contribution is 7.89. The van der Waals surface area contributed by atoms with Gasteiger partial charge in [-0.2, -0.15) is 4.31 Å². The molecule has 8 heteroatoms. The predicted molar refractivity (Wildman–Crippen MR) is 78.4 cm³/mol. The fourth-order valence-electron chi connectivity index (χ4n) is 1.82. The Kier molecular flexibility index (Phi) is 4.38. The number of nitrogens with one attached hydrogen (secondary N) is 1. The van der Waals surface area contributed by atoms with Gasteiger partial charge in [0.25, 0.3) is 0 Å². The second-order valence-corrected chi connectivity index (χ2v) is 7.05. The maximum atomic E-state index is 12.4. The Labute approximate surface area is 124 Å². The van der Waals surface area contributed by atoms with Crippen molar-refractivity contribution in [2.45, 2.75) is 23.8 Å². The van der Waals surface area contributed by atoms with Crippen LogP contribution in [0.4, 0.5) is 5.69 Å². The van der Waals surface area contributed by atoms with E-state index in [0.717, 1.165) is 17.1 Å². The number of carbonyl (C=O) groups is 1. The number of nitrogens with two attached hydrogens (primary N) is 1. The van der Waals surface area contributed by atoms with Crippen molar-refractivity contribution >= 4 is 21.6 Å². The van der Waals surface area contributed by atoms with Crippen LogP contribution in [0.2, 0.25) is 0 Å². The molecule has 0 saturated heterocycles. The number of amides is 1. The van der Waals surface area contributed by atoms with Gasteiger partial charge in [0.05, 0.1) is 24.2 Å². The third kappa shape index (κ3) is 3.64. The Morgan fingerprint density at radius 3 is 2.71 bits per heavy atom. The number of hydrogen-bond acceptors (Lipinski definition) is 5. The molecule has 1 fully saturated rings. The van der Waals surface area contributed by atoms with E-state index < -0.39 is 10.0 Å². The van der Waals surface area contributed by atoms with Crippen LogP contribution in [0.3, 0.4) is 0 Å². The first kappa shape index (κ1) is 15.6. The largest absolute Gasteiger partial charge is 0.495 e. The number of ether oxygens (including phenoxy) is 1. The van der Waals surface area contributed by atoms with E-state index in [9.17, 15) is 13.2 Å². The lowest BCUT2D eigenvalue weighted by molar-refractivity contribution is -0.121. The van der Waals surface area contributed by atoms with E-state index in [1.54, 1.807) is 0 Å². The molecular weight excluding hydrogens is 294 g/mol. The van der Waals surface area contributed by atoms with Crippen molar-refractivity contribution in [1.82, 2.24) is 9.62 Å². The van der Waals surface area contributed by atoms with Crippen molar-refractivity contribution in [2.75, 3.05) is 26.4 Å². The molecule has 116 valence electrons. The van der Waals surface area contributed by atoms with Crippen LogP contribution in [0.25, 0.3) is 0 Å². The summed E-state index contributed by atoms with van der Waals surface area (Å²) in [6.45, 7) is -0.217. The fraction of sp³-hybridized carbons (Fsp3) is 0.462. The number of likely N-dealkylation sites (N-methyl/N-ethyl adjacent to an activating group) is 1. The summed E-state index contributed by atoms with van der Waals surface area (Å²) in [5.41, 5.74) is 6.02. The van der Waals surface area contributed by atoms with Gasteiger partial charge < -0.3 is 15.8 Å². The number of benzene rings is 1. The summed E-state index contributed by atoms with van der Waals surface area (Å²) in [7, 11) is -0.985. The van der Waals surface area contributed by atoms with Crippen molar-refractivity contribution < 1.29 is 17.9 Å². The van der Waals surface area contributed by atoms with Crippen molar-refractivity contribution in [3.63, 3.8) is 0 Å². The van der Waals surface area contributed by atoms with Gasteiger partial charge in [-0.3, -0.25) is 4.79 Å². The lowest BCUT2D eigenvalue weighted by atomic mass is 10.3. The average molecular weight is 313 g/mol. The minimum absolute atomic E-state index is 0.0373. The first-order valence-electron chi connectivity index (χ1n) is 6.54. The molecule has 0 aromatic heterocycles. The Bertz CT molecular complexity index is 641. The third-order valence-corrected chi connectivity index (χ3v) is 5.02. The standard InChI is InChI=1S/C13H19N3O4S/c1-16(8-13(17)15-9-3-4-9)21(18,19)10-5-6-11(14)12(7-10)20-2/h5-7,9H,3-4,8,14H2,1-2H3,(H,15,17). The first-order chi connectivity index (χ1) is 9.84. The molecule has 0 bridgehead atoms. The van der Waals surface area contributed by atoms with E-state index in [2.05, 4.69) is 5.32 Å². The van der Waals surface area contributed by atoms with Crippen LogP contribution in [0.1, 0.15) is 12.8 Å². The lowest BCUT2D eigenvalue weighted by Gasteiger charge is -2.17. The van der Waals surface area contributed by atoms with Gasteiger partial charge in [-0.05, 0) is 25.0 Å². The molecule has 0 radical (unpaired) electrons. The molecule has 0 spiro atoms. The number of carbonyl (C=O) groups excluding carboxylic acids is 1. The van der Waals surface area contributed by atoms with Crippen LogP contribution in [0, 0.1) is 0 Å². The van der Waals surface area contributed by atoms with Gasteiger partial charge in [0.1, 0.15) is 5.75 Å². The number of anilines is 1. The zero-order chi connectivity index (χ0) is 15.6. The molecule has 0 unspecified atom stereocenters. The molecule has 1 aliphatic carbocycles. The number of nitrogen functional groups attached to an aromatic ring is 1. The third-order valence-electron chi connectivity index (χ3n) is 3.22. The van der Waals surface area contributed by atoms with E-state index in [0.29, 0.717) is 5.69 Å². The quantitative estimate of drug-likeness (QED) is 0.729. The summed E-state index contributed by atoms with van der Waals surface area (Å²) in [6.07, 6.45) is 1.91. The van der Waals surface area contributed by atoms with Crippen LogP contribution >= 0.6 is 0 Å². The molecule has 21 heavy (non-hydrogen) atoms. The molecule has 2 rings (SSSR count). The van der Waals surface area contributed by atoms with E-state index in [4.69, 9.17) is 10.5 Å². The summed E-state index contributed by atoms with van der Waals surface area (Å²) in [5, 5.41) is 2.75. The van der Waals surface area contributed by atoms with Crippen LogP contribution in [0.15, 0.2) is 23.1 Å². The van der Waals surface area contributed by atoms with Gasteiger partial charge in [0, 0.05) is 19.2 Å². The van der Waals surface area contributed by atoms with Crippen LogP contribution < -0.4 is 15.8 Å². The van der Waals surface area contributed by atoms with Crippen molar-refractivity contribution in [3.8, 4) is 5.75 Å². The Balaban J connectivity index is 2.13. The molecule has 1 amide bonds. The minimum Gasteiger partial charge on any atom is -0.495 e. The molecule has 7 nitrogen and oxygen atoms in total. The number of nitrogens with zero attached hydrogens (tertiary/aromatic N) is 1. The van der Waals surface area contributed by atoms with E-state index in [-0.39, 0.29) is 29.1 Å². The van der Waals surface area contributed by atoms with Crippen LogP contribution in [0.5, 0.6) is 5.75 Å². The maximum Gasteiger partial charge on any atom is 0.243 e. The molecule has 0 aliphatic heterocycles. The molecule has 3 N–H and O–H groups in total. The molecule has 0 atom stereocenters. The Hall–Kier alpha value is -1.80. The summed E-state index contributed by atoms with van der Waals surface area (Å²) >= 11 is 0. The fourth-order valence-corrected chi connectivity index (χ4v) is 2.96. The summed E-state index contributed by atoms with van der Waals surface area (Å²) < 4.78 is 30.8. The van der Waals surface area contributed by atoms with E-state index in [1.165, 1.54) is 32.4 Å². The highest BCUT2D eigenvalue weighted by Crippen LogP contribution is 2.26. The lowest BCUT2D eigenvalue weighted by Crippen LogP contribution is -2.39. The molecule has 1 aromatic rings. The SMILES string of the molecule is COc1cc(S(=O)(=O)N(C)CC(=O)NC2CC2)ccc1N. The van der Waals surface area contributed by atoms with E-state index >= 15 is 0 Å². The summed E-state index contributed by atoms with van der Waals surface area (Å²) in [5.74, 6) is -0.0158. The minimum atomic E-state index is -3.76. The first-order valence-corrected chi connectivity index (χ1v) is 7.98. The summed E-state index contributed by atoms with van der Waals surface area (Å²) in [4.78, 5) is 11.7. The smallest absolute Gasteiger partial charge is 0.243 e. The number of rotatable bonds is 6. The van der Waals surface area contributed by atoms with Gasteiger partial charge in [-0.15, -0.1) is 0 Å². The Morgan fingerprint density at radius 2 is 2.14 bits per heavy atom. The van der Waals surface area contributed by atoms with Crippen LogP contribution in [-0.2, 0) is 14.8 Å². The predicted octanol–water partition coefficient (Wildman–Crippen LogP) is 0.177. The molecule has 1 saturated carbocycles. The number of hydrogen-bond donors (Lipinski definition) is 2.